The van der Waals surface area contributed by atoms with E-state index >= 15 is 0 Å². The second kappa shape index (κ2) is 11.9. The van der Waals surface area contributed by atoms with Crippen LogP contribution in [0, 0.1) is 11.3 Å². The van der Waals surface area contributed by atoms with E-state index in [2.05, 4.69) is 130 Å². The lowest BCUT2D eigenvalue weighted by Crippen LogP contribution is -1.99. The summed E-state index contributed by atoms with van der Waals surface area (Å²) in [6.07, 6.45) is 1.87. The van der Waals surface area contributed by atoms with Crippen LogP contribution in [0.4, 0.5) is 0 Å². The van der Waals surface area contributed by atoms with E-state index in [0.717, 1.165) is 72.4 Å². The minimum absolute atomic E-state index is 0.594. The van der Waals surface area contributed by atoms with Gasteiger partial charge in [-0.2, -0.15) is 5.26 Å². The van der Waals surface area contributed by atoms with Crippen molar-refractivity contribution in [2.45, 2.75) is 0 Å². The van der Waals surface area contributed by atoms with Gasteiger partial charge in [-0.15, -0.1) is 0 Å². The molecule has 0 fully saturated rings. The summed E-state index contributed by atoms with van der Waals surface area (Å²) >= 11 is 0. The summed E-state index contributed by atoms with van der Waals surface area (Å²) in [6.45, 7) is 0. The molecule has 0 spiro atoms. The third-order valence-corrected chi connectivity index (χ3v) is 9.81. The molecule has 0 amide bonds. The van der Waals surface area contributed by atoms with E-state index < -0.39 is 0 Å². The Morgan fingerprint density at radius 3 is 1.98 bits per heavy atom. The fourth-order valence-corrected chi connectivity index (χ4v) is 7.47. The first-order valence-electron chi connectivity index (χ1n) is 17.2. The van der Waals surface area contributed by atoms with Gasteiger partial charge in [0.1, 0.15) is 5.65 Å². The molecule has 52 heavy (non-hydrogen) atoms. The summed E-state index contributed by atoms with van der Waals surface area (Å²) in [5.74, 6) is 0.597. The molecule has 0 atom stereocenters. The van der Waals surface area contributed by atoms with Gasteiger partial charge in [0.25, 0.3) is 0 Å². The molecule has 4 heterocycles. The Morgan fingerprint density at radius 2 is 1.17 bits per heavy atom. The maximum atomic E-state index is 9.40. The quantitative estimate of drug-likeness (QED) is 0.184. The number of rotatable bonds is 5. The molecule has 0 aliphatic heterocycles. The standard InChI is InChI=1S/C46H28N6/c47-29-30-20-22-32(23-21-30)45-49-39(31-11-3-1-4-12-31)28-40(50-45)33-13-9-16-35(27-33)52-44-36(37-18-10-26-48-46(37)52)24-25-42-43(44)38-17-7-8-19-41(38)51(42)34-14-5-2-6-15-34/h1-28H. The van der Waals surface area contributed by atoms with Crippen LogP contribution in [0.15, 0.2) is 170 Å². The lowest BCUT2D eigenvalue weighted by molar-refractivity contribution is 1.13. The zero-order valence-corrected chi connectivity index (χ0v) is 27.8. The molecular weight excluding hydrogens is 637 g/mol. The minimum atomic E-state index is 0.594. The Kier molecular flexibility index (Phi) is 6.76. The molecule has 0 aliphatic carbocycles. The molecule has 10 rings (SSSR count). The molecule has 242 valence electrons. The van der Waals surface area contributed by atoms with E-state index in [-0.39, 0.29) is 0 Å². The van der Waals surface area contributed by atoms with E-state index in [1.54, 1.807) is 12.1 Å². The zero-order valence-electron chi connectivity index (χ0n) is 27.8. The Balaban J connectivity index is 1.24. The third kappa shape index (κ3) is 4.68. The molecule has 0 saturated carbocycles. The number of nitrogens with zero attached hydrogens (tertiary/aromatic N) is 6. The highest BCUT2D eigenvalue weighted by Gasteiger charge is 2.21. The van der Waals surface area contributed by atoms with Crippen LogP contribution in [0.3, 0.4) is 0 Å². The smallest absolute Gasteiger partial charge is 0.160 e. The highest BCUT2D eigenvalue weighted by atomic mass is 15.1. The highest BCUT2D eigenvalue weighted by Crippen LogP contribution is 2.42. The molecule has 6 aromatic carbocycles. The highest BCUT2D eigenvalue weighted by molar-refractivity contribution is 6.25. The van der Waals surface area contributed by atoms with E-state index in [9.17, 15) is 5.26 Å². The van der Waals surface area contributed by atoms with Crippen molar-refractivity contribution < 1.29 is 0 Å². The number of fused-ring (bicyclic) bond motifs is 7. The van der Waals surface area contributed by atoms with Gasteiger partial charge in [0, 0.05) is 55.8 Å². The molecule has 6 heteroatoms. The number of hydrogen-bond donors (Lipinski definition) is 0. The van der Waals surface area contributed by atoms with Crippen molar-refractivity contribution >= 4 is 43.7 Å². The van der Waals surface area contributed by atoms with Crippen molar-refractivity contribution in [3.63, 3.8) is 0 Å². The van der Waals surface area contributed by atoms with E-state index in [1.165, 1.54) is 10.8 Å². The molecule has 0 bridgehead atoms. The van der Waals surface area contributed by atoms with Crippen molar-refractivity contribution in [1.82, 2.24) is 24.1 Å². The number of aromatic nitrogens is 5. The fourth-order valence-electron chi connectivity index (χ4n) is 7.47. The minimum Gasteiger partial charge on any atom is -0.309 e. The van der Waals surface area contributed by atoms with Crippen molar-refractivity contribution in [2.24, 2.45) is 0 Å². The Bertz CT molecular complexity index is 3010. The summed E-state index contributed by atoms with van der Waals surface area (Å²) in [5.41, 5.74) is 11.4. The summed E-state index contributed by atoms with van der Waals surface area (Å²) in [4.78, 5) is 15.1. The molecule has 4 aromatic heterocycles. The number of benzene rings is 6. The molecular formula is C46H28N6. The van der Waals surface area contributed by atoms with Crippen LogP contribution in [0.25, 0.3) is 89.0 Å². The van der Waals surface area contributed by atoms with Crippen LogP contribution >= 0.6 is 0 Å². The predicted molar refractivity (Wildman–Crippen MR) is 210 cm³/mol. The van der Waals surface area contributed by atoms with Gasteiger partial charge in [-0.25, -0.2) is 15.0 Å². The van der Waals surface area contributed by atoms with Crippen LogP contribution in [-0.2, 0) is 0 Å². The third-order valence-electron chi connectivity index (χ3n) is 9.81. The monoisotopic (exact) mass is 664 g/mol. The second-order valence-electron chi connectivity index (χ2n) is 12.8. The lowest BCUT2D eigenvalue weighted by Gasteiger charge is -2.12. The summed E-state index contributed by atoms with van der Waals surface area (Å²) < 4.78 is 4.66. The van der Waals surface area contributed by atoms with Crippen molar-refractivity contribution in [3.05, 3.63) is 176 Å². The topological polar surface area (TPSA) is 72.3 Å². The Hall–Kier alpha value is -7.36. The fraction of sp³-hybridized carbons (Fsp3) is 0. The van der Waals surface area contributed by atoms with Gasteiger partial charge in [-0.05, 0) is 78.9 Å². The summed E-state index contributed by atoms with van der Waals surface area (Å²) in [5, 5.41) is 14.0. The first-order chi connectivity index (χ1) is 25.7. The predicted octanol–water partition coefficient (Wildman–Crippen LogP) is 10.9. The second-order valence-corrected chi connectivity index (χ2v) is 12.8. The van der Waals surface area contributed by atoms with Crippen LogP contribution in [0.2, 0.25) is 0 Å². The maximum Gasteiger partial charge on any atom is 0.160 e. The van der Waals surface area contributed by atoms with Crippen molar-refractivity contribution in [3.8, 4) is 51.3 Å². The first kappa shape index (κ1) is 29.5. The number of para-hydroxylation sites is 2. The Morgan fingerprint density at radius 1 is 0.481 bits per heavy atom. The summed E-state index contributed by atoms with van der Waals surface area (Å²) in [6, 6.07) is 58.2. The molecule has 0 unspecified atom stereocenters. The lowest BCUT2D eigenvalue weighted by atomic mass is 10.1. The summed E-state index contributed by atoms with van der Waals surface area (Å²) in [7, 11) is 0. The van der Waals surface area contributed by atoms with Gasteiger partial charge in [0.2, 0.25) is 0 Å². The normalized spacial score (nSPS) is 11.4. The SMILES string of the molecule is N#Cc1ccc(-c2nc(-c3ccccc3)cc(-c3cccc(-n4c5ncccc5c5ccc6c(c7ccccc7n6-c6ccccc6)c54)c3)n2)cc1. The molecule has 0 N–H and O–H groups in total. The van der Waals surface area contributed by atoms with Crippen LogP contribution in [-0.4, -0.2) is 24.1 Å². The molecule has 6 nitrogen and oxygen atoms in total. The van der Waals surface area contributed by atoms with Crippen LogP contribution < -0.4 is 0 Å². The van der Waals surface area contributed by atoms with Crippen LogP contribution in [0.5, 0.6) is 0 Å². The van der Waals surface area contributed by atoms with E-state index in [0.29, 0.717) is 11.4 Å². The van der Waals surface area contributed by atoms with Crippen molar-refractivity contribution in [2.75, 3.05) is 0 Å². The van der Waals surface area contributed by atoms with Gasteiger partial charge < -0.3 is 4.57 Å². The molecule has 10 aromatic rings. The number of nitriles is 1. The molecule has 0 saturated heterocycles. The average Bonchev–Trinajstić information content (AvgIpc) is 3.74. The largest absolute Gasteiger partial charge is 0.309 e. The van der Waals surface area contributed by atoms with Crippen LogP contribution in [0.1, 0.15) is 5.56 Å². The Labute approximate surface area is 299 Å². The first-order valence-corrected chi connectivity index (χ1v) is 17.2. The van der Waals surface area contributed by atoms with Gasteiger partial charge >= 0.3 is 0 Å². The molecule has 0 aliphatic rings. The average molecular weight is 665 g/mol. The van der Waals surface area contributed by atoms with E-state index in [4.69, 9.17) is 15.0 Å². The van der Waals surface area contributed by atoms with E-state index in [1.807, 2.05) is 42.6 Å². The van der Waals surface area contributed by atoms with Gasteiger partial charge in [0.15, 0.2) is 5.82 Å². The molecule has 0 radical (unpaired) electrons. The zero-order chi connectivity index (χ0) is 34.6. The number of pyridine rings is 1. The van der Waals surface area contributed by atoms with Gasteiger partial charge in [0.05, 0.1) is 39.6 Å². The van der Waals surface area contributed by atoms with Gasteiger partial charge in [-0.3, -0.25) is 4.57 Å². The van der Waals surface area contributed by atoms with Gasteiger partial charge in [-0.1, -0.05) is 84.9 Å². The number of hydrogen-bond acceptors (Lipinski definition) is 4. The van der Waals surface area contributed by atoms with Crippen molar-refractivity contribution in [1.29, 1.82) is 5.26 Å². The maximum absolute atomic E-state index is 9.40.